The summed E-state index contributed by atoms with van der Waals surface area (Å²) in [6.07, 6.45) is 3.76. The molecule has 8 nitrogen and oxygen atoms in total. The predicted octanol–water partition coefficient (Wildman–Crippen LogP) is 2.36. The van der Waals surface area contributed by atoms with Crippen molar-refractivity contribution in [3.63, 3.8) is 0 Å². The summed E-state index contributed by atoms with van der Waals surface area (Å²) < 4.78 is 23.5. The van der Waals surface area contributed by atoms with Crippen LogP contribution in [0.25, 0.3) is 11.4 Å². The molecule has 3 rings (SSSR count). The van der Waals surface area contributed by atoms with E-state index < -0.39 is 5.82 Å². The molecule has 0 saturated heterocycles. The molecule has 9 heteroatoms. The van der Waals surface area contributed by atoms with Gasteiger partial charge in [-0.05, 0) is 36.2 Å². The van der Waals surface area contributed by atoms with Crippen LogP contribution in [0.4, 0.5) is 10.4 Å². The zero-order chi connectivity index (χ0) is 18.4. The van der Waals surface area contributed by atoms with Crippen molar-refractivity contribution in [2.75, 3.05) is 12.5 Å². The Labute approximate surface area is 148 Å². The fourth-order valence-corrected chi connectivity index (χ4v) is 2.20. The Morgan fingerprint density at radius 2 is 2.08 bits per heavy atom. The topological polar surface area (TPSA) is 102 Å². The quantitative estimate of drug-likeness (QED) is 0.626. The minimum Gasteiger partial charge on any atom is -0.494 e. The number of carbonyl (C=O) groups excluding carboxylic acids is 1. The highest BCUT2D eigenvalue weighted by Gasteiger charge is 2.10. The van der Waals surface area contributed by atoms with Crippen LogP contribution in [-0.2, 0) is 11.2 Å². The summed E-state index contributed by atoms with van der Waals surface area (Å²) in [4.78, 5) is 19.9. The second kappa shape index (κ2) is 8.06. The van der Waals surface area contributed by atoms with E-state index in [4.69, 9.17) is 9.26 Å². The first-order chi connectivity index (χ1) is 12.7. The van der Waals surface area contributed by atoms with Crippen molar-refractivity contribution >= 4 is 11.9 Å². The Balaban J connectivity index is 1.49. The molecule has 0 saturated carbocycles. The van der Waals surface area contributed by atoms with Crippen LogP contribution < -0.4 is 15.6 Å². The predicted molar refractivity (Wildman–Crippen MR) is 90.6 cm³/mol. The molecule has 1 aromatic carbocycles. The summed E-state index contributed by atoms with van der Waals surface area (Å²) in [6.45, 7) is 0. The number of hydrazine groups is 1. The highest BCUT2D eigenvalue weighted by Crippen LogP contribution is 2.18. The first-order valence-electron chi connectivity index (χ1n) is 7.77. The highest BCUT2D eigenvalue weighted by molar-refractivity contribution is 5.77. The first kappa shape index (κ1) is 17.3. The number of hydrogen-bond donors (Lipinski definition) is 2. The Bertz CT molecular complexity index is 885. The number of methoxy groups -OCH3 is 1. The van der Waals surface area contributed by atoms with Gasteiger partial charge in [0.1, 0.15) is 0 Å². The number of hydrogen-bond acceptors (Lipinski definition) is 7. The third-order valence-electron chi connectivity index (χ3n) is 3.53. The van der Waals surface area contributed by atoms with Gasteiger partial charge in [-0.3, -0.25) is 15.2 Å². The number of carbonyl (C=O) groups is 1. The van der Waals surface area contributed by atoms with Crippen LogP contribution in [0.5, 0.6) is 5.75 Å². The molecule has 0 aliphatic carbocycles. The van der Waals surface area contributed by atoms with Crippen LogP contribution in [0.1, 0.15) is 12.0 Å². The fraction of sp³-hybridized carbons (Fsp3) is 0.176. The van der Waals surface area contributed by atoms with Crippen LogP contribution in [0.15, 0.2) is 47.2 Å². The van der Waals surface area contributed by atoms with E-state index in [2.05, 4.69) is 26.0 Å². The molecule has 0 unspecified atom stereocenters. The number of ether oxygens (including phenoxy) is 1. The lowest BCUT2D eigenvalue weighted by molar-refractivity contribution is -0.120. The van der Waals surface area contributed by atoms with Crippen molar-refractivity contribution < 1.29 is 18.4 Å². The van der Waals surface area contributed by atoms with Crippen LogP contribution in [0, 0.1) is 5.82 Å². The second-order valence-corrected chi connectivity index (χ2v) is 5.30. The van der Waals surface area contributed by atoms with Gasteiger partial charge in [0.15, 0.2) is 11.6 Å². The summed E-state index contributed by atoms with van der Waals surface area (Å²) >= 11 is 0. The fourth-order valence-electron chi connectivity index (χ4n) is 2.20. The Kier molecular flexibility index (Phi) is 5.37. The lowest BCUT2D eigenvalue weighted by Gasteiger charge is -2.06. The standard InChI is InChI=1S/C17H16FN5O3/c1-25-14-4-2-11(10-13(14)18)3-5-15(24)21-22-17-20-16(23-26-17)12-6-8-19-9-7-12/h2,4,6-10H,3,5H2,1H3,(H,21,24)(H,20,22,23). The Hall–Kier alpha value is -3.49. The van der Waals surface area contributed by atoms with E-state index in [9.17, 15) is 9.18 Å². The third kappa shape index (κ3) is 4.32. The monoisotopic (exact) mass is 357 g/mol. The Morgan fingerprint density at radius 1 is 1.27 bits per heavy atom. The van der Waals surface area contributed by atoms with E-state index in [1.54, 1.807) is 30.6 Å². The second-order valence-electron chi connectivity index (χ2n) is 5.30. The van der Waals surface area contributed by atoms with Crippen molar-refractivity contribution in [2.24, 2.45) is 0 Å². The number of anilines is 1. The van der Waals surface area contributed by atoms with Gasteiger partial charge in [-0.2, -0.15) is 4.98 Å². The van der Waals surface area contributed by atoms with Crippen molar-refractivity contribution in [3.05, 3.63) is 54.1 Å². The zero-order valence-electron chi connectivity index (χ0n) is 13.9. The van der Waals surface area contributed by atoms with Crippen molar-refractivity contribution in [1.82, 2.24) is 20.6 Å². The average molecular weight is 357 g/mol. The number of halogens is 1. The molecule has 3 aromatic rings. The molecule has 0 atom stereocenters. The molecule has 0 aliphatic heterocycles. The third-order valence-corrected chi connectivity index (χ3v) is 3.53. The number of nitrogens with one attached hydrogen (secondary N) is 2. The van der Waals surface area contributed by atoms with Gasteiger partial charge in [-0.15, -0.1) is 0 Å². The maximum atomic E-state index is 13.6. The molecule has 1 amide bonds. The SMILES string of the molecule is COc1ccc(CCC(=O)NNc2nc(-c3ccncc3)no2)cc1F. The smallest absolute Gasteiger partial charge is 0.340 e. The van der Waals surface area contributed by atoms with Gasteiger partial charge in [-0.25, -0.2) is 9.82 Å². The highest BCUT2D eigenvalue weighted by atomic mass is 19.1. The average Bonchev–Trinajstić information content (AvgIpc) is 3.14. The normalized spacial score (nSPS) is 10.4. The Morgan fingerprint density at radius 3 is 2.81 bits per heavy atom. The first-order valence-corrected chi connectivity index (χ1v) is 7.77. The van der Waals surface area contributed by atoms with E-state index in [-0.39, 0.29) is 24.1 Å². The number of pyridine rings is 1. The summed E-state index contributed by atoms with van der Waals surface area (Å²) in [6, 6.07) is 8.11. The van der Waals surface area contributed by atoms with Gasteiger partial charge in [0.2, 0.25) is 11.7 Å². The minimum atomic E-state index is -0.460. The summed E-state index contributed by atoms with van der Waals surface area (Å²) in [5.74, 6) is -0.220. The molecule has 2 N–H and O–H groups in total. The van der Waals surface area contributed by atoms with Gasteiger partial charge in [0.05, 0.1) is 7.11 Å². The van der Waals surface area contributed by atoms with Gasteiger partial charge in [0.25, 0.3) is 0 Å². The maximum Gasteiger partial charge on any atom is 0.340 e. The number of aromatic nitrogens is 3. The molecular formula is C17H16FN5O3. The molecule has 0 aliphatic rings. The van der Waals surface area contributed by atoms with Crippen molar-refractivity contribution in [2.45, 2.75) is 12.8 Å². The van der Waals surface area contributed by atoms with E-state index in [0.717, 1.165) is 5.56 Å². The van der Waals surface area contributed by atoms with Gasteiger partial charge < -0.3 is 9.26 Å². The van der Waals surface area contributed by atoms with E-state index in [0.29, 0.717) is 17.8 Å². The number of benzene rings is 1. The molecule has 0 fully saturated rings. The molecule has 134 valence electrons. The molecule has 2 aromatic heterocycles. The number of amides is 1. The van der Waals surface area contributed by atoms with E-state index >= 15 is 0 Å². The summed E-state index contributed by atoms with van der Waals surface area (Å²) in [5.41, 5.74) is 6.44. The number of aryl methyl sites for hydroxylation is 1. The van der Waals surface area contributed by atoms with Crippen molar-refractivity contribution in [1.29, 1.82) is 0 Å². The molecule has 2 heterocycles. The minimum absolute atomic E-state index is 0.0562. The molecule has 0 radical (unpaired) electrons. The lowest BCUT2D eigenvalue weighted by atomic mass is 10.1. The van der Waals surface area contributed by atoms with E-state index in [1.807, 2.05) is 0 Å². The zero-order valence-corrected chi connectivity index (χ0v) is 13.9. The molecule has 0 bridgehead atoms. The number of rotatable bonds is 7. The van der Waals surface area contributed by atoms with Crippen molar-refractivity contribution in [3.8, 4) is 17.1 Å². The maximum absolute atomic E-state index is 13.6. The van der Waals surface area contributed by atoms with Crippen LogP contribution in [0.3, 0.4) is 0 Å². The summed E-state index contributed by atoms with van der Waals surface area (Å²) in [7, 11) is 1.40. The molecule has 0 spiro atoms. The largest absolute Gasteiger partial charge is 0.494 e. The molecular weight excluding hydrogens is 341 g/mol. The lowest BCUT2D eigenvalue weighted by Crippen LogP contribution is -2.29. The van der Waals surface area contributed by atoms with Crippen LogP contribution in [-0.4, -0.2) is 28.1 Å². The van der Waals surface area contributed by atoms with Gasteiger partial charge in [-0.1, -0.05) is 11.2 Å². The van der Waals surface area contributed by atoms with Gasteiger partial charge in [0, 0.05) is 24.4 Å². The van der Waals surface area contributed by atoms with E-state index in [1.165, 1.54) is 19.2 Å². The summed E-state index contributed by atoms with van der Waals surface area (Å²) in [5, 5.41) is 3.80. The van der Waals surface area contributed by atoms with Crippen LogP contribution in [0.2, 0.25) is 0 Å². The van der Waals surface area contributed by atoms with Crippen LogP contribution >= 0.6 is 0 Å². The number of nitrogens with zero attached hydrogens (tertiary/aromatic N) is 3. The molecule has 26 heavy (non-hydrogen) atoms. The van der Waals surface area contributed by atoms with Gasteiger partial charge >= 0.3 is 6.01 Å².